The van der Waals surface area contributed by atoms with E-state index in [1.165, 1.54) is 0 Å². The van der Waals surface area contributed by atoms with E-state index in [0.29, 0.717) is 38.4 Å². The van der Waals surface area contributed by atoms with Gasteiger partial charge in [0.2, 0.25) is 0 Å². The van der Waals surface area contributed by atoms with Crippen molar-refractivity contribution in [2.75, 3.05) is 20.2 Å². The smallest absolute Gasteiger partial charge is 0.417 e. The number of alkyl halides is 6. The lowest BCUT2D eigenvalue weighted by Gasteiger charge is -2.43. The van der Waals surface area contributed by atoms with Gasteiger partial charge in [-0.3, -0.25) is 9.69 Å². The molecule has 2 aliphatic rings. The number of halogens is 6. The first-order valence-corrected chi connectivity index (χ1v) is 10.5. The molecule has 1 amide bonds. The third-order valence-electron chi connectivity index (χ3n) is 6.20. The Bertz CT molecular complexity index is 819. The number of piperidine rings is 1. The van der Waals surface area contributed by atoms with Gasteiger partial charge in [-0.1, -0.05) is 12.8 Å². The minimum atomic E-state index is -5.18. The Morgan fingerprint density at radius 2 is 1.66 bits per heavy atom. The van der Waals surface area contributed by atoms with Gasteiger partial charge in [-0.25, -0.2) is 0 Å². The van der Waals surface area contributed by atoms with Gasteiger partial charge in [-0.15, -0.1) is 0 Å². The van der Waals surface area contributed by atoms with Gasteiger partial charge in [0, 0.05) is 25.2 Å². The highest BCUT2D eigenvalue weighted by Gasteiger charge is 2.42. The fourth-order valence-corrected chi connectivity index (χ4v) is 4.57. The van der Waals surface area contributed by atoms with Gasteiger partial charge in [0.05, 0.1) is 29.9 Å². The average Bonchev–Trinajstić information content (AvgIpc) is 2.72. The molecule has 2 N–H and O–H groups in total. The molecule has 0 bridgehead atoms. The number of rotatable bonds is 4. The third kappa shape index (κ3) is 5.48. The molecular weight excluding hydrogens is 442 g/mol. The van der Waals surface area contributed by atoms with Crippen LogP contribution in [0.25, 0.3) is 0 Å². The van der Waals surface area contributed by atoms with Crippen LogP contribution in [-0.2, 0) is 12.4 Å². The molecule has 0 radical (unpaired) electrons. The first kappa shape index (κ1) is 24.6. The van der Waals surface area contributed by atoms with E-state index in [2.05, 4.69) is 10.2 Å². The van der Waals surface area contributed by atoms with Crippen molar-refractivity contribution in [1.82, 2.24) is 10.2 Å². The van der Waals surface area contributed by atoms with E-state index < -0.39 is 52.8 Å². The van der Waals surface area contributed by atoms with Crippen LogP contribution in [-0.4, -0.2) is 54.3 Å². The van der Waals surface area contributed by atoms with Gasteiger partial charge >= 0.3 is 12.4 Å². The Morgan fingerprint density at radius 1 is 1.03 bits per heavy atom. The molecule has 1 heterocycles. The van der Waals surface area contributed by atoms with E-state index in [1.807, 2.05) is 0 Å². The normalized spacial score (nSPS) is 23.8. The minimum Gasteiger partial charge on any atom is -0.496 e. The topological polar surface area (TPSA) is 61.8 Å². The molecular formula is C21H26F6N2O3. The van der Waals surface area contributed by atoms with Crippen LogP contribution in [0.3, 0.4) is 0 Å². The van der Waals surface area contributed by atoms with E-state index >= 15 is 0 Å². The van der Waals surface area contributed by atoms with Crippen molar-refractivity contribution >= 4 is 5.91 Å². The van der Waals surface area contributed by atoms with E-state index in [-0.39, 0.29) is 12.1 Å². The van der Waals surface area contributed by atoms with Crippen molar-refractivity contribution in [3.05, 3.63) is 28.8 Å². The molecule has 180 valence electrons. The second kappa shape index (κ2) is 9.46. The molecule has 0 unspecified atom stereocenters. The lowest BCUT2D eigenvalue weighted by Crippen LogP contribution is -2.55. The molecule has 11 heteroatoms. The number of carbonyl (C=O) groups excluding carboxylic acids is 1. The van der Waals surface area contributed by atoms with Crippen LogP contribution in [0.5, 0.6) is 5.75 Å². The lowest BCUT2D eigenvalue weighted by molar-refractivity contribution is -0.143. The molecule has 3 rings (SSSR count). The number of methoxy groups -OCH3 is 1. The summed E-state index contributed by atoms with van der Waals surface area (Å²) in [7, 11) is 0.925. The predicted molar refractivity (Wildman–Crippen MR) is 103 cm³/mol. The number of ether oxygens (including phenoxy) is 1. The largest absolute Gasteiger partial charge is 0.496 e. The maximum Gasteiger partial charge on any atom is 0.417 e. The van der Waals surface area contributed by atoms with Crippen LogP contribution in [0.4, 0.5) is 26.3 Å². The summed E-state index contributed by atoms with van der Waals surface area (Å²) in [5.74, 6) is -1.89. The summed E-state index contributed by atoms with van der Waals surface area (Å²) in [6.07, 6.45) is -6.52. The zero-order chi connectivity index (χ0) is 23.7. The second-order valence-corrected chi connectivity index (χ2v) is 8.30. The molecule has 2 fully saturated rings. The first-order valence-electron chi connectivity index (χ1n) is 10.5. The number of carbonyl (C=O) groups is 1. The van der Waals surface area contributed by atoms with Crippen LogP contribution in [0.15, 0.2) is 12.1 Å². The standard InChI is InChI=1S/C21H26F6N2O3/c1-32-17-11-12(20(22,23)24)10-14(21(25,26)27)18(17)19(31)28-15-4-2-3-5-16(15)29-8-6-13(30)7-9-29/h10-11,13,15-16,30H,2-9H2,1H3,(H,28,31)/t15-,16+/m1/s1. The number of hydrogen-bond donors (Lipinski definition) is 2. The van der Waals surface area contributed by atoms with Gasteiger partial charge in [0.25, 0.3) is 5.91 Å². The number of likely N-dealkylation sites (tertiary alicyclic amines) is 1. The van der Waals surface area contributed by atoms with Crippen molar-refractivity contribution in [3.8, 4) is 5.75 Å². The van der Waals surface area contributed by atoms with Gasteiger partial charge < -0.3 is 15.2 Å². The summed E-state index contributed by atoms with van der Waals surface area (Å²) in [5.41, 5.74) is -4.18. The highest BCUT2D eigenvalue weighted by atomic mass is 19.4. The van der Waals surface area contributed by atoms with E-state index in [1.54, 1.807) is 0 Å². The molecule has 2 atom stereocenters. The first-order chi connectivity index (χ1) is 14.9. The molecule has 5 nitrogen and oxygen atoms in total. The Kier molecular flexibility index (Phi) is 7.28. The van der Waals surface area contributed by atoms with E-state index in [9.17, 15) is 36.2 Å². The van der Waals surface area contributed by atoms with Crippen LogP contribution in [0.1, 0.15) is 60.0 Å². The fourth-order valence-electron chi connectivity index (χ4n) is 4.57. The van der Waals surface area contributed by atoms with Gasteiger partial charge in [0.15, 0.2) is 0 Å². The molecule has 1 aliphatic carbocycles. The monoisotopic (exact) mass is 468 g/mol. The fraction of sp³-hybridized carbons (Fsp3) is 0.667. The molecule has 1 aromatic rings. The number of amides is 1. The average molecular weight is 468 g/mol. The SMILES string of the molecule is COc1cc(C(F)(F)F)cc(C(F)(F)F)c1C(=O)N[C@@H]1CCCC[C@@H]1N1CCC(O)CC1. The number of hydrogen-bond acceptors (Lipinski definition) is 4. The maximum atomic E-state index is 13.6. The summed E-state index contributed by atoms with van der Waals surface area (Å²) in [6.45, 7) is 1.21. The molecule has 1 aliphatic heterocycles. The third-order valence-corrected chi connectivity index (χ3v) is 6.20. The second-order valence-electron chi connectivity index (χ2n) is 8.30. The van der Waals surface area contributed by atoms with Crippen LogP contribution >= 0.6 is 0 Å². The quantitative estimate of drug-likeness (QED) is 0.650. The van der Waals surface area contributed by atoms with E-state index in [4.69, 9.17) is 4.74 Å². The highest BCUT2D eigenvalue weighted by molar-refractivity contribution is 5.99. The summed E-state index contributed by atoms with van der Waals surface area (Å²) < 4.78 is 85.1. The van der Waals surface area contributed by atoms with Crippen molar-refractivity contribution < 1.29 is 41.0 Å². The molecule has 1 saturated carbocycles. The van der Waals surface area contributed by atoms with Gasteiger partial charge in [-0.05, 0) is 37.8 Å². The minimum absolute atomic E-state index is 0.0538. The number of aliphatic hydroxyl groups excluding tert-OH is 1. The van der Waals surface area contributed by atoms with Crippen LogP contribution in [0, 0.1) is 0 Å². The number of benzene rings is 1. The molecule has 32 heavy (non-hydrogen) atoms. The Labute approximate surface area is 181 Å². The summed E-state index contributed by atoms with van der Waals surface area (Å²) in [6, 6.07) is -0.217. The molecule has 0 aromatic heterocycles. The zero-order valence-electron chi connectivity index (χ0n) is 17.5. The van der Waals surface area contributed by atoms with Crippen LogP contribution in [0.2, 0.25) is 0 Å². The van der Waals surface area contributed by atoms with Crippen molar-refractivity contribution in [2.45, 2.75) is 69.1 Å². The van der Waals surface area contributed by atoms with Crippen molar-refractivity contribution in [3.63, 3.8) is 0 Å². The molecule has 1 saturated heterocycles. The summed E-state index contributed by atoms with van der Waals surface area (Å²) >= 11 is 0. The lowest BCUT2D eigenvalue weighted by atomic mass is 9.87. The zero-order valence-corrected chi connectivity index (χ0v) is 17.5. The maximum absolute atomic E-state index is 13.6. The molecule has 1 aromatic carbocycles. The van der Waals surface area contributed by atoms with Gasteiger partial charge in [0.1, 0.15) is 5.75 Å². The van der Waals surface area contributed by atoms with Crippen LogP contribution < -0.4 is 10.1 Å². The van der Waals surface area contributed by atoms with Crippen molar-refractivity contribution in [1.29, 1.82) is 0 Å². The number of aliphatic hydroxyl groups is 1. The Morgan fingerprint density at radius 3 is 2.22 bits per heavy atom. The molecule has 0 spiro atoms. The summed E-state index contributed by atoms with van der Waals surface area (Å²) in [4.78, 5) is 15.1. The number of nitrogens with zero attached hydrogens (tertiary/aromatic N) is 1. The van der Waals surface area contributed by atoms with Gasteiger partial charge in [-0.2, -0.15) is 26.3 Å². The predicted octanol–water partition coefficient (Wildman–Crippen LogP) is 4.23. The Hall–Kier alpha value is -2.01. The summed E-state index contributed by atoms with van der Waals surface area (Å²) in [5, 5.41) is 12.4. The van der Waals surface area contributed by atoms with E-state index in [0.717, 1.165) is 26.4 Å². The highest BCUT2D eigenvalue weighted by Crippen LogP contribution is 2.41. The Balaban J connectivity index is 1.92. The van der Waals surface area contributed by atoms with Crippen molar-refractivity contribution in [2.24, 2.45) is 0 Å². The number of nitrogens with one attached hydrogen (secondary N) is 1.